The average Bonchev–Trinajstić information content (AvgIpc) is 2.78. The second-order valence-electron chi connectivity index (χ2n) is 4.31. The molecule has 19 heavy (non-hydrogen) atoms. The average molecular weight is 259 g/mol. The largest absolute Gasteiger partial charge is 0.494 e. The standard InChI is InChI=1S/C15H17NO3/c1-3-19-13-4-5-14-12(10-13)7-9-16(14)8-6-11(2)15(17)18/h4-7,9-10H,3,8H2,1-2H3,(H,17,18)/b11-6-. The third kappa shape index (κ3) is 2.96. The highest BCUT2D eigenvalue weighted by Crippen LogP contribution is 2.22. The van der Waals surface area contributed by atoms with Crippen LogP contribution in [0.25, 0.3) is 10.9 Å². The number of hydrogen-bond donors (Lipinski definition) is 1. The van der Waals surface area contributed by atoms with Crippen molar-refractivity contribution in [3.8, 4) is 5.75 Å². The van der Waals surface area contributed by atoms with Gasteiger partial charge in [-0.2, -0.15) is 0 Å². The molecular weight excluding hydrogens is 242 g/mol. The van der Waals surface area contributed by atoms with Gasteiger partial charge in [0.2, 0.25) is 0 Å². The van der Waals surface area contributed by atoms with Crippen molar-refractivity contribution in [2.45, 2.75) is 20.4 Å². The minimum absolute atomic E-state index is 0.354. The summed E-state index contributed by atoms with van der Waals surface area (Å²) in [7, 11) is 0. The summed E-state index contributed by atoms with van der Waals surface area (Å²) in [4.78, 5) is 10.7. The van der Waals surface area contributed by atoms with Crippen LogP contribution in [0.5, 0.6) is 5.75 Å². The summed E-state index contributed by atoms with van der Waals surface area (Å²) in [5, 5.41) is 9.92. The van der Waals surface area contributed by atoms with Crippen molar-refractivity contribution in [3.05, 3.63) is 42.1 Å². The number of carboxylic acids is 1. The topological polar surface area (TPSA) is 51.5 Å². The van der Waals surface area contributed by atoms with E-state index in [0.29, 0.717) is 18.7 Å². The lowest BCUT2D eigenvalue weighted by atomic mass is 10.2. The highest BCUT2D eigenvalue weighted by atomic mass is 16.5. The number of hydrogen-bond acceptors (Lipinski definition) is 2. The predicted molar refractivity (Wildman–Crippen MR) is 74.5 cm³/mol. The third-order valence-electron chi connectivity index (χ3n) is 2.98. The molecule has 0 spiro atoms. The Balaban J connectivity index is 2.26. The third-order valence-corrected chi connectivity index (χ3v) is 2.98. The van der Waals surface area contributed by atoms with Crippen molar-refractivity contribution in [3.63, 3.8) is 0 Å². The Morgan fingerprint density at radius 1 is 1.42 bits per heavy atom. The van der Waals surface area contributed by atoms with Gasteiger partial charge >= 0.3 is 5.97 Å². The Hall–Kier alpha value is -2.23. The van der Waals surface area contributed by atoms with Crippen molar-refractivity contribution in [2.75, 3.05) is 6.61 Å². The fraction of sp³-hybridized carbons (Fsp3) is 0.267. The number of rotatable bonds is 5. The fourth-order valence-electron chi connectivity index (χ4n) is 1.92. The normalized spacial score (nSPS) is 11.8. The Bertz CT molecular complexity index is 625. The molecule has 0 fully saturated rings. The number of allylic oxidation sites excluding steroid dienone is 1. The fourth-order valence-corrected chi connectivity index (χ4v) is 1.92. The molecule has 0 atom stereocenters. The molecule has 0 saturated heterocycles. The number of aliphatic carboxylic acids is 1. The zero-order chi connectivity index (χ0) is 13.8. The SMILES string of the molecule is CCOc1ccc2c(ccn2C/C=C(/C)C(=O)O)c1. The van der Waals surface area contributed by atoms with Crippen molar-refractivity contribution < 1.29 is 14.6 Å². The summed E-state index contributed by atoms with van der Waals surface area (Å²) in [6.07, 6.45) is 3.66. The van der Waals surface area contributed by atoms with Crippen LogP contribution in [0.3, 0.4) is 0 Å². The predicted octanol–water partition coefficient (Wildman–Crippen LogP) is 3.07. The van der Waals surface area contributed by atoms with Gasteiger partial charge in [-0.15, -0.1) is 0 Å². The Morgan fingerprint density at radius 2 is 2.21 bits per heavy atom. The zero-order valence-electron chi connectivity index (χ0n) is 11.1. The lowest BCUT2D eigenvalue weighted by molar-refractivity contribution is -0.132. The van der Waals surface area contributed by atoms with Crippen LogP contribution in [0.15, 0.2) is 42.1 Å². The molecular formula is C15H17NO3. The van der Waals surface area contributed by atoms with Crippen LogP contribution in [0, 0.1) is 0 Å². The van der Waals surface area contributed by atoms with Crippen molar-refractivity contribution in [1.29, 1.82) is 0 Å². The summed E-state index contributed by atoms with van der Waals surface area (Å²) in [6, 6.07) is 7.91. The zero-order valence-corrected chi connectivity index (χ0v) is 11.1. The van der Waals surface area contributed by atoms with Gasteiger partial charge in [-0.1, -0.05) is 6.08 Å². The van der Waals surface area contributed by atoms with Crippen LogP contribution in [0.2, 0.25) is 0 Å². The van der Waals surface area contributed by atoms with Gasteiger partial charge in [-0.05, 0) is 38.1 Å². The first-order valence-corrected chi connectivity index (χ1v) is 6.23. The molecule has 0 radical (unpaired) electrons. The second-order valence-corrected chi connectivity index (χ2v) is 4.31. The highest BCUT2D eigenvalue weighted by Gasteiger charge is 2.03. The minimum Gasteiger partial charge on any atom is -0.494 e. The molecule has 0 amide bonds. The Morgan fingerprint density at radius 3 is 2.89 bits per heavy atom. The molecule has 4 heteroatoms. The van der Waals surface area contributed by atoms with Gasteiger partial charge in [0, 0.05) is 29.2 Å². The van der Waals surface area contributed by atoms with Gasteiger partial charge in [0.1, 0.15) is 5.75 Å². The van der Waals surface area contributed by atoms with E-state index in [1.165, 1.54) is 0 Å². The minimum atomic E-state index is -0.880. The molecule has 100 valence electrons. The first kappa shape index (κ1) is 13.2. The van der Waals surface area contributed by atoms with Crippen LogP contribution >= 0.6 is 0 Å². The number of carboxylic acid groups (broad SMARTS) is 1. The van der Waals surface area contributed by atoms with E-state index in [2.05, 4.69) is 0 Å². The van der Waals surface area contributed by atoms with Gasteiger partial charge in [0.25, 0.3) is 0 Å². The summed E-state index contributed by atoms with van der Waals surface area (Å²) in [5.74, 6) is -0.0277. The van der Waals surface area contributed by atoms with Gasteiger partial charge in [-0.3, -0.25) is 0 Å². The van der Waals surface area contributed by atoms with E-state index >= 15 is 0 Å². The maximum absolute atomic E-state index is 10.7. The molecule has 1 heterocycles. The van der Waals surface area contributed by atoms with Gasteiger partial charge < -0.3 is 14.4 Å². The van der Waals surface area contributed by atoms with Crippen LogP contribution in [0.4, 0.5) is 0 Å². The smallest absolute Gasteiger partial charge is 0.331 e. The van der Waals surface area contributed by atoms with Crippen LogP contribution in [0.1, 0.15) is 13.8 Å². The highest BCUT2D eigenvalue weighted by molar-refractivity contribution is 5.86. The molecule has 0 aliphatic rings. The summed E-state index contributed by atoms with van der Waals surface area (Å²) in [6.45, 7) is 4.75. The van der Waals surface area contributed by atoms with Crippen LogP contribution < -0.4 is 4.74 Å². The maximum Gasteiger partial charge on any atom is 0.331 e. The monoisotopic (exact) mass is 259 g/mol. The Kier molecular flexibility index (Phi) is 3.90. The van der Waals surface area contributed by atoms with Gasteiger partial charge in [0.15, 0.2) is 0 Å². The first-order valence-electron chi connectivity index (χ1n) is 6.23. The van der Waals surface area contributed by atoms with E-state index in [4.69, 9.17) is 9.84 Å². The number of fused-ring (bicyclic) bond motifs is 1. The van der Waals surface area contributed by atoms with E-state index in [1.807, 2.05) is 42.0 Å². The van der Waals surface area contributed by atoms with Gasteiger partial charge in [-0.25, -0.2) is 4.79 Å². The van der Waals surface area contributed by atoms with E-state index in [1.54, 1.807) is 13.0 Å². The van der Waals surface area contributed by atoms with E-state index in [0.717, 1.165) is 16.7 Å². The molecule has 1 N–H and O–H groups in total. The molecule has 4 nitrogen and oxygen atoms in total. The first-order chi connectivity index (χ1) is 9.11. The van der Waals surface area contributed by atoms with Gasteiger partial charge in [0.05, 0.1) is 6.61 Å². The number of aromatic nitrogens is 1. The summed E-state index contributed by atoms with van der Waals surface area (Å²) in [5.41, 5.74) is 1.42. The van der Waals surface area contributed by atoms with Crippen LogP contribution in [-0.4, -0.2) is 22.2 Å². The molecule has 0 saturated carbocycles. The van der Waals surface area contributed by atoms with E-state index in [-0.39, 0.29) is 0 Å². The molecule has 1 aromatic heterocycles. The van der Waals surface area contributed by atoms with Crippen molar-refractivity contribution >= 4 is 16.9 Å². The van der Waals surface area contributed by atoms with Crippen LogP contribution in [-0.2, 0) is 11.3 Å². The molecule has 2 aromatic rings. The molecule has 0 aliphatic heterocycles. The molecule has 1 aromatic carbocycles. The summed E-state index contributed by atoms with van der Waals surface area (Å²) >= 11 is 0. The quantitative estimate of drug-likeness (QED) is 0.839. The second kappa shape index (κ2) is 5.61. The number of benzene rings is 1. The van der Waals surface area contributed by atoms with E-state index in [9.17, 15) is 4.79 Å². The lowest BCUT2D eigenvalue weighted by Gasteiger charge is -2.05. The van der Waals surface area contributed by atoms with E-state index < -0.39 is 5.97 Å². The molecule has 0 unspecified atom stereocenters. The van der Waals surface area contributed by atoms with Crippen molar-refractivity contribution in [2.24, 2.45) is 0 Å². The number of ether oxygens (including phenoxy) is 1. The molecule has 0 aliphatic carbocycles. The number of nitrogens with zero attached hydrogens (tertiary/aromatic N) is 1. The van der Waals surface area contributed by atoms with Crippen molar-refractivity contribution in [1.82, 2.24) is 4.57 Å². The molecule has 0 bridgehead atoms. The molecule has 2 rings (SSSR count). The Labute approximate surface area is 111 Å². The number of carbonyl (C=O) groups is 1. The lowest BCUT2D eigenvalue weighted by Crippen LogP contribution is -1.99. The maximum atomic E-state index is 10.7. The summed E-state index contributed by atoms with van der Waals surface area (Å²) < 4.78 is 7.47.